The predicted octanol–water partition coefficient (Wildman–Crippen LogP) is 2.36. The van der Waals surface area contributed by atoms with Gasteiger partial charge in [-0.25, -0.2) is 4.79 Å². The molecule has 0 spiro atoms. The molecular weight excluding hydrogens is 372 g/mol. The zero-order chi connectivity index (χ0) is 20.4. The van der Waals surface area contributed by atoms with Gasteiger partial charge in [-0.3, -0.25) is 9.59 Å². The molecule has 4 rings (SSSR count). The van der Waals surface area contributed by atoms with Crippen LogP contribution in [-0.2, 0) is 19.1 Å². The Balaban J connectivity index is 1.54. The largest absolute Gasteiger partial charge is 0.475 e. The molecule has 1 N–H and O–H groups in total. The van der Waals surface area contributed by atoms with Crippen LogP contribution in [0.25, 0.3) is 0 Å². The molecule has 1 fully saturated rings. The van der Waals surface area contributed by atoms with Gasteiger partial charge in [-0.1, -0.05) is 42.5 Å². The van der Waals surface area contributed by atoms with Gasteiger partial charge in [-0.2, -0.15) is 0 Å². The number of para-hydroxylation sites is 2. The first-order chi connectivity index (χ1) is 14.0. The Morgan fingerprint density at radius 3 is 2.45 bits per heavy atom. The molecule has 1 aliphatic heterocycles. The molecule has 0 aromatic heterocycles. The summed E-state index contributed by atoms with van der Waals surface area (Å²) < 4.78 is 11.4. The molecule has 0 bridgehead atoms. The second kappa shape index (κ2) is 7.95. The third kappa shape index (κ3) is 4.23. The second-order valence-corrected chi connectivity index (χ2v) is 7.21. The number of fused-ring (bicyclic) bond motifs is 1. The van der Waals surface area contributed by atoms with E-state index in [1.165, 1.54) is 11.8 Å². The van der Waals surface area contributed by atoms with Crippen molar-refractivity contribution in [3.63, 3.8) is 0 Å². The standard InChI is InChI=1S/C22H22N2O5/c1-14(25)24-13-19(28-18-10-6-5-9-17(18)24)22(27)29-20(15-7-3-2-4-8-15)21(26)23-16-11-12-16/h2-10,16,19-20H,11-13H2,1H3,(H,23,26)/t19-,20+/m0/s1. The molecule has 2 amide bonds. The van der Waals surface area contributed by atoms with Gasteiger partial charge < -0.3 is 19.7 Å². The van der Waals surface area contributed by atoms with E-state index in [0.717, 1.165) is 12.8 Å². The SMILES string of the molecule is CC(=O)N1C[C@@H](C(=O)O[C@@H](C(=O)NC2CC2)c2ccccc2)Oc2ccccc21. The van der Waals surface area contributed by atoms with Crippen molar-refractivity contribution in [2.75, 3.05) is 11.4 Å². The Labute approximate surface area is 168 Å². The first-order valence-electron chi connectivity index (χ1n) is 9.62. The predicted molar refractivity (Wildman–Crippen MR) is 105 cm³/mol. The summed E-state index contributed by atoms with van der Waals surface area (Å²) >= 11 is 0. The van der Waals surface area contributed by atoms with Gasteiger partial charge in [-0.05, 0) is 25.0 Å². The van der Waals surface area contributed by atoms with Crippen LogP contribution in [0.3, 0.4) is 0 Å². The first kappa shape index (κ1) is 19.0. The fraction of sp³-hybridized carbons (Fsp3) is 0.318. The lowest BCUT2D eigenvalue weighted by Crippen LogP contribution is -2.48. The van der Waals surface area contributed by atoms with E-state index >= 15 is 0 Å². The third-order valence-electron chi connectivity index (χ3n) is 4.91. The normalized spacial score (nSPS) is 18.8. The van der Waals surface area contributed by atoms with Crippen LogP contribution >= 0.6 is 0 Å². The van der Waals surface area contributed by atoms with Crippen LogP contribution in [0, 0.1) is 0 Å². The number of nitrogens with one attached hydrogen (secondary N) is 1. The number of amides is 2. The highest BCUT2D eigenvalue weighted by Crippen LogP contribution is 2.34. The lowest BCUT2D eigenvalue weighted by atomic mass is 10.1. The zero-order valence-corrected chi connectivity index (χ0v) is 16.0. The molecule has 2 aromatic carbocycles. The number of hydrogen-bond acceptors (Lipinski definition) is 5. The summed E-state index contributed by atoms with van der Waals surface area (Å²) in [4.78, 5) is 39.1. The topological polar surface area (TPSA) is 84.9 Å². The Morgan fingerprint density at radius 2 is 1.76 bits per heavy atom. The van der Waals surface area contributed by atoms with Gasteiger partial charge in [0.25, 0.3) is 5.91 Å². The maximum Gasteiger partial charge on any atom is 0.350 e. The number of carbonyl (C=O) groups is 3. The summed E-state index contributed by atoms with van der Waals surface area (Å²) in [7, 11) is 0. The van der Waals surface area contributed by atoms with Crippen molar-refractivity contribution in [2.45, 2.75) is 38.0 Å². The summed E-state index contributed by atoms with van der Waals surface area (Å²) in [6.07, 6.45) is -0.237. The van der Waals surface area contributed by atoms with Gasteiger partial charge in [0.1, 0.15) is 5.75 Å². The molecule has 0 radical (unpaired) electrons. The zero-order valence-electron chi connectivity index (χ0n) is 16.0. The maximum absolute atomic E-state index is 12.9. The monoisotopic (exact) mass is 394 g/mol. The number of benzene rings is 2. The van der Waals surface area contributed by atoms with Crippen molar-refractivity contribution in [1.29, 1.82) is 0 Å². The van der Waals surface area contributed by atoms with E-state index in [1.807, 2.05) is 6.07 Å². The minimum atomic E-state index is -1.07. The van der Waals surface area contributed by atoms with E-state index in [1.54, 1.807) is 48.5 Å². The third-order valence-corrected chi connectivity index (χ3v) is 4.91. The van der Waals surface area contributed by atoms with Gasteiger partial charge in [-0.15, -0.1) is 0 Å². The van der Waals surface area contributed by atoms with Gasteiger partial charge in [0.2, 0.25) is 18.1 Å². The van der Waals surface area contributed by atoms with E-state index < -0.39 is 18.2 Å². The van der Waals surface area contributed by atoms with Crippen molar-refractivity contribution in [3.05, 3.63) is 60.2 Å². The Hall–Kier alpha value is -3.35. The number of esters is 1. The van der Waals surface area contributed by atoms with E-state index in [0.29, 0.717) is 17.0 Å². The molecule has 1 heterocycles. The molecular formula is C22H22N2O5. The van der Waals surface area contributed by atoms with Gasteiger partial charge >= 0.3 is 5.97 Å². The molecule has 0 saturated heterocycles. The van der Waals surface area contributed by atoms with Crippen molar-refractivity contribution in [3.8, 4) is 5.75 Å². The van der Waals surface area contributed by atoms with Gasteiger partial charge in [0, 0.05) is 18.5 Å². The lowest BCUT2D eigenvalue weighted by Gasteiger charge is -2.33. The molecule has 7 heteroatoms. The van der Waals surface area contributed by atoms with Crippen LogP contribution in [0.5, 0.6) is 5.75 Å². The fourth-order valence-corrected chi connectivity index (χ4v) is 3.25. The molecule has 1 aliphatic carbocycles. The number of carbonyl (C=O) groups excluding carboxylic acids is 3. The number of hydrogen-bond donors (Lipinski definition) is 1. The fourth-order valence-electron chi connectivity index (χ4n) is 3.25. The Bertz CT molecular complexity index is 926. The van der Waals surface area contributed by atoms with Gasteiger partial charge in [0.15, 0.2) is 0 Å². The average molecular weight is 394 g/mol. The molecule has 150 valence electrons. The van der Waals surface area contributed by atoms with Crippen molar-refractivity contribution < 1.29 is 23.9 Å². The average Bonchev–Trinajstić information content (AvgIpc) is 3.55. The maximum atomic E-state index is 12.9. The van der Waals surface area contributed by atoms with Crippen molar-refractivity contribution in [2.24, 2.45) is 0 Å². The van der Waals surface area contributed by atoms with Crippen molar-refractivity contribution >= 4 is 23.5 Å². The molecule has 2 aromatic rings. The minimum Gasteiger partial charge on any atom is -0.475 e. The van der Waals surface area contributed by atoms with Crippen molar-refractivity contribution in [1.82, 2.24) is 5.32 Å². The van der Waals surface area contributed by atoms with Crippen LogP contribution in [0.4, 0.5) is 5.69 Å². The Kier molecular flexibility index (Phi) is 5.20. The Morgan fingerprint density at radius 1 is 1.07 bits per heavy atom. The minimum absolute atomic E-state index is 0.0247. The number of ether oxygens (including phenoxy) is 2. The molecule has 7 nitrogen and oxygen atoms in total. The number of nitrogens with zero attached hydrogens (tertiary/aromatic N) is 1. The van der Waals surface area contributed by atoms with Crippen LogP contribution in [0.15, 0.2) is 54.6 Å². The first-order valence-corrected chi connectivity index (χ1v) is 9.62. The van der Waals surface area contributed by atoms with E-state index in [9.17, 15) is 14.4 Å². The molecule has 1 saturated carbocycles. The summed E-state index contributed by atoms with van der Waals surface area (Å²) in [6, 6.07) is 16.0. The molecule has 2 atom stereocenters. The highest BCUT2D eigenvalue weighted by atomic mass is 16.6. The molecule has 29 heavy (non-hydrogen) atoms. The molecule has 2 aliphatic rings. The number of rotatable bonds is 5. The number of anilines is 1. The lowest BCUT2D eigenvalue weighted by molar-refractivity contribution is -0.163. The van der Waals surface area contributed by atoms with Crippen LogP contribution in [-0.4, -0.2) is 36.5 Å². The van der Waals surface area contributed by atoms with Gasteiger partial charge in [0.05, 0.1) is 12.2 Å². The van der Waals surface area contributed by atoms with Crippen LogP contribution < -0.4 is 15.0 Å². The van der Waals surface area contributed by atoms with Crippen LogP contribution in [0.1, 0.15) is 31.4 Å². The highest BCUT2D eigenvalue weighted by molar-refractivity contribution is 5.95. The smallest absolute Gasteiger partial charge is 0.350 e. The van der Waals surface area contributed by atoms with Crippen LogP contribution in [0.2, 0.25) is 0 Å². The highest BCUT2D eigenvalue weighted by Gasteiger charge is 2.37. The summed E-state index contributed by atoms with van der Waals surface area (Å²) in [6.45, 7) is 1.46. The van der Waals surface area contributed by atoms with E-state index in [2.05, 4.69) is 5.32 Å². The summed E-state index contributed by atoms with van der Waals surface area (Å²) in [5.74, 6) is -0.823. The summed E-state index contributed by atoms with van der Waals surface area (Å²) in [5, 5.41) is 2.88. The quantitative estimate of drug-likeness (QED) is 0.787. The molecule has 0 unspecified atom stereocenters. The van der Waals surface area contributed by atoms with E-state index in [4.69, 9.17) is 9.47 Å². The van der Waals surface area contributed by atoms with E-state index in [-0.39, 0.29) is 24.4 Å². The second-order valence-electron chi connectivity index (χ2n) is 7.21. The summed E-state index contributed by atoms with van der Waals surface area (Å²) in [5.41, 5.74) is 1.19.